The lowest BCUT2D eigenvalue weighted by molar-refractivity contribution is 0.878. The Morgan fingerprint density at radius 3 is 2.94 bits per heavy atom. The van der Waals surface area contributed by atoms with Crippen molar-refractivity contribution < 1.29 is 0 Å². The number of rotatable bonds is 3. The van der Waals surface area contributed by atoms with Gasteiger partial charge in [0.1, 0.15) is 5.82 Å². The number of aliphatic imine (C=N–C) groups is 1. The van der Waals surface area contributed by atoms with E-state index in [2.05, 4.69) is 15.0 Å². The molecule has 1 N–H and O–H groups in total. The number of H-pyrrole nitrogens is 1. The van der Waals surface area contributed by atoms with Gasteiger partial charge in [0.25, 0.3) is 5.56 Å². The maximum Gasteiger partial charge on any atom is 0.251 e. The first-order chi connectivity index (χ1) is 8.65. The first-order valence-electron chi connectivity index (χ1n) is 5.46. The van der Waals surface area contributed by atoms with E-state index in [0.717, 1.165) is 5.56 Å². The zero-order valence-corrected chi connectivity index (χ0v) is 10.6. The van der Waals surface area contributed by atoms with Crippen molar-refractivity contribution >= 4 is 17.8 Å². The molecule has 92 valence electrons. The highest BCUT2D eigenvalue weighted by Gasteiger charge is 1.97. The van der Waals surface area contributed by atoms with E-state index in [0.29, 0.717) is 23.1 Å². The molecular formula is C13H12ClN3O. The molecule has 1 aromatic heterocycles. The highest BCUT2D eigenvalue weighted by Crippen LogP contribution is 2.12. The van der Waals surface area contributed by atoms with Crippen LogP contribution in [0.4, 0.5) is 0 Å². The molecule has 0 fully saturated rings. The number of halogens is 1. The summed E-state index contributed by atoms with van der Waals surface area (Å²) in [6.45, 7) is 2.10. The molecule has 1 aromatic carbocycles. The predicted octanol–water partition coefficient (Wildman–Crippen LogP) is 2.35. The van der Waals surface area contributed by atoms with Gasteiger partial charge in [0.15, 0.2) is 0 Å². The van der Waals surface area contributed by atoms with Gasteiger partial charge in [0.2, 0.25) is 0 Å². The molecule has 0 unspecified atom stereocenters. The van der Waals surface area contributed by atoms with Gasteiger partial charge >= 0.3 is 0 Å². The van der Waals surface area contributed by atoms with Crippen LogP contribution >= 0.6 is 11.6 Å². The molecule has 0 spiro atoms. The van der Waals surface area contributed by atoms with Crippen molar-refractivity contribution in [3.63, 3.8) is 0 Å². The monoisotopic (exact) mass is 261 g/mol. The van der Waals surface area contributed by atoms with Crippen molar-refractivity contribution in [2.75, 3.05) is 0 Å². The van der Waals surface area contributed by atoms with Gasteiger partial charge in [-0.3, -0.25) is 9.79 Å². The van der Waals surface area contributed by atoms with Crippen LogP contribution in [0.1, 0.15) is 17.1 Å². The third kappa shape index (κ3) is 3.28. The molecule has 4 nitrogen and oxygen atoms in total. The number of benzene rings is 1. The Bertz CT molecular complexity index is 634. The molecule has 0 atom stereocenters. The van der Waals surface area contributed by atoms with Crippen LogP contribution in [0, 0.1) is 6.92 Å². The van der Waals surface area contributed by atoms with Gasteiger partial charge in [-0.2, -0.15) is 0 Å². The molecular weight excluding hydrogens is 250 g/mol. The smallest absolute Gasteiger partial charge is 0.251 e. The number of nitrogens with one attached hydrogen (secondary N) is 1. The Morgan fingerprint density at radius 1 is 1.44 bits per heavy atom. The molecule has 5 heteroatoms. The summed E-state index contributed by atoms with van der Waals surface area (Å²) in [6.07, 6.45) is 1.67. The van der Waals surface area contributed by atoms with Crippen molar-refractivity contribution in [2.24, 2.45) is 4.99 Å². The topological polar surface area (TPSA) is 58.1 Å². The molecule has 0 saturated carbocycles. The molecule has 2 rings (SSSR count). The minimum Gasteiger partial charge on any atom is -0.309 e. The van der Waals surface area contributed by atoms with E-state index in [9.17, 15) is 4.79 Å². The lowest BCUT2D eigenvalue weighted by atomic mass is 10.2. The maximum atomic E-state index is 11.2. The number of nitrogens with zero attached hydrogens (tertiary/aromatic N) is 2. The van der Waals surface area contributed by atoms with Crippen molar-refractivity contribution in [2.45, 2.75) is 13.5 Å². The van der Waals surface area contributed by atoms with Crippen LogP contribution in [-0.4, -0.2) is 16.2 Å². The molecule has 0 amide bonds. The van der Waals surface area contributed by atoms with E-state index in [1.54, 1.807) is 19.2 Å². The number of hydrogen-bond acceptors (Lipinski definition) is 3. The van der Waals surface area contributed by atoms with Crippen LogP contribution < -0.4 is 5.56 Å². The number of aryl methyl sites for hydroxylation is 1. The summed E-state index contributed by atoms with van der Waals surface area (Å²) in [5, 5.41) is 0.645. The number of aromatic nitrogens is 2. The standard InChI is InChI=1S/C13H12ClN3O/c1-9-6-13(18)17-12(16-9)8-15-7-10-4-2-3-5-11(10)14/h2-7H,8H2,1H3,(H,16,17,18). The molecule has 2 aromatic rings. The fourth-order valence-electron chi connectivity index (χ4n) is 1.53. The lowest BCUT2D eigenvalue weighted by Crippen LogP contribution is -2.10. The largest absolute Gasteiger partial charge is 0.309 e. The zero-order valence-electron chi connectivity index (χ0n) is 9.85. The van der Waals surface area contributed by atoms with Crippen LogP contribution in [0.15, 0.2) is 40.1 Å². The quantitative estimate of drug-likeness (QED) is 0.863. The van der Waals surface area contributed by atoms with Gasteiger partial charge in [-0.1, -0.05) is 29.8 Å². The molecule has 0 aliphatic carbocycles. The second-order valence-corrected chi connectivity index (χ2v) is 4.23. The van der Waals surface area contributed by atoms with Gasteiger partial charge in [-0.05, 0) is 13.0 Å². The van der Waals surface area contributed by atoms with Crippen LogP contribution in [0.2, 0.25) is 5.02 Å². The first kappa shape index (κ1) is 12.5. The Labute approximate surface area is 109 Å². The number of hydrogen-bond donors (Lipinski definition) is 1. The van der Waals surface area contributed by atoms with Gasteiger partial charge in [-0.25, -0.2) is 4.98 Å². The second-order valence-electron chi connectivity index (χ2n) is 3.82. The highest BCUT2D eigenvalue weighted by molar-refractivity contribution is 6.33. The third-order valence-corrected chi connectivity index (χ3v) is 2.64. The van der Waals surface area contributed by atoms with Crippen LogP contribution in [-0.2, 0) is 6.54 Å². The fraction of sp³-hybridized carbons (Fsp3) is 0.154. The molecule has 0 bridgehead atoms. The van der Waals surface area contributed by atoms with E-state index >= 15 is 0 Å². The SMILES string of the molecule is Cc1cc(=O)[nH]c(CN=Cc2ccccc2Cl)n1. The predicted molar refractivity (Wildman–Crippen MR) is 72.3 cm³/mol. The number of aromatic amines is 1. The van der Waals surface area contributed by atoms with Crippen molar-refractivity contribution in [1.82, 2.24) is 9.97 Å². The van der Waals surface area contributed by atoms with E-state index in [4.69, 9.17) is 11.6 Å². The average Bonchev–Trinajstić information content (AvgIpc) is 2.30. The zero-order chi connectivity index (χ0) is 13.0. The molecule has 0 saturated heterocycles. The van der Waals surface area contributed by atoms with E-state index in [-0.39, 0.29) is 5.56 Å². The molecule has 1 heterocycles. The van der Waals surface area contributed by atoms with Crippen LogP contribution in [0.3, 0.4) is 0 Å². The summed E-state index contributed by atoms with van der Waals surface area (Å²) in [5.41, 5.74) is 1.36. The summed E-state index contributed by atoms with van der Waals surface area (Å²) in [7, 11) is 0. The second kappa shape index (κ2) is 5.60. The Balaban J connectivity index is 2.12. The molecule has 0 aliphatic heterocycles. The van der Waals surface area contributed by atoms with Gasteiger partial charge in [0, 0.05) is 28.6 Å². The van der Waals surface area contributed by atoms with Crippen molar-refractivity contribution in [3.05, 3.63) is 62.8 Å². The van der Waals surface area contributed by atoms with Gasteiger partial charge < -0.3 is 4.98 Å². The molecule has 18 heavy (non-hydrogen) atoms. The molecule has 0 aliphatic rings. The first-order valence-corrected chi connectivity index (χ1v) is 5.84. The summed E-state index contributed by atoms with van der Waals surface area (Å²) < 4.78 is 0. The Hall–Kier alpha value is -1.94. The van der Waals surface area contributed by atoms with Crippen LogP contribution in [0.5, 0.6) is 0 Å². The van der Waals surface area contributed by atoms with Crippen molar-refractivity contribution in [1.29, 1.82) is 0 Å². The summed E-state index contributed by atoms with van der Waals surface area (Å²) in [5.74, 6) is 0.545. The fourth-order valence-corrected chi connectivity index (χ4v) is 1.71. The lowest BCUT2D eigenvalue weighted by Gasteiger charge is -1.98. The highest BCUT2D eigenvalue weighted by atomic mass is 35.5. The normalized spacial score (nSPS) is 11.0. The third-order valence-electron chi connectivity index (χ3n) is 2.30. The summed E-state index contributed by atoms with van der Waals surface area (Å²) >= 11 is 5.99. The summed E-state index contributed by atoms with van der Waals surface area (Å²) in [4.78, 5) is 22.3. The average molecular weight is 262 g/mol. The van der Waals surface area contributed by atoms with Crippen molar-refractivity contribution in [3.8, 4) is 0 Å². The summed E-state index contributed by atoms with van der Waals surface area (Å²) in [6, 6.07) is 8.87. The van der Waals surface area contributed by atoms with Crippen LogP contribution in [0.25, 0.3) is 0 Å². The van der Waals surface area contributed by atoms with E-state index in [1.807, 2.05) is 18.2 Å². The Morgan fingerprint density at radius 2 is 2.22 bits per heavy atom. The van der Waals surface area contributed by atoms with E-state index in [1.165, 1.54) is 6.07 Å². The molecule has 0 radical (unpaired) electrons. The minimum atomic E-state index is -0.162. The maximum absolute atomic E-state index is 11.2. The van der Waals surface area contributed by atoms with Gasteiger partial charge in [0.05, 0.1) is 6.54 Å². The Kier molecular flexibility index (Phi) is 3.89. The minimum absolute atomic E-state index is 0.162. The van der Waals surface area contributed by atoms with E-state index < -0.39 is 0 Å². The van der Waals surface area contributed by atoms with Gasteiger partial charge in [-0.15, -0.1) is 0 Å².